The highest BCUT2D eigenvalue weighted by molar-refractivity contribution is 5.85. The van der Waals surface area contributed by atoms with Crippen molar-refractivity contribution < 1.29 is 24.9 Å². The van der Waals surface area contributed by atoms with E-state index in [0.29, 0.717) is 11.1 Å². The minimum Gasteiger partial charge on any atom is -0.478 e. The zero-order chi connectivity index (χ0) is 15.1. The molecule has 0 radical (unpaired) electrons. The SMILES string of the molecule is CC(=O)NCC(O)C(O)c1ccc(/C=C/C(=O)O)cc1. The van der Waals surface area contributed by atoms with E-state index in [4.69, 9.17) is 5.11 Å². The van der Waals surface area contributed by atoms with Crippen LogP contribution in [0.25, 0.3) is 6.08 Å². The Hall–Kier alpha value is -2.18. The Balaban J connectivity index is 2.67. The molecule has 4 N–H and O–H groups in total. The van der Waals surface area contributed by atoms with Gasteiger partial charge in [0.1, 0.15) is 12.2 Å². The fraction of sp³-hybridized carbons (Fsp3) is 0.286. The zero-order valence-corrected chi connectivity index (χ0v) is 11.0. The minimum absolute atomic E-state index is 0.0445. The maximum absolute atomic E-state index is 10.7. The van der Waals surface area contributed by atoms with Crippen molar-refractivity contribution in [1.29, 1.82) is 0 Å². The maximum Gasteiger partial charge on any atom is 0.328 e. The van der Waals surface area contributed by atoms with Crippen LogP contribution < -0.4 is 5.32 Å². The molecule has 0 fully saturated rings. The lowest BCUT2D eigenvalue weighted by atomic mass is 10.0. The van der Waals surface area contributed by atoms with Gasteiger partial charge >= 0.3 is 5.97 Å². The largest absolute Gasteiger partial charge is 0.478 e. The van der Waals surface area contributed by atoms with Crippen LogP contribution in [0.15, 0.2) is 30.3 Å². The Labute approximate surface area is 116 Å². The molecule has 0 saturated heterocycles. The quantitative estimate of drug-likeness (QED) is 0.561. The first kappa shape index (κ1) is 15.9. The van der Waals surface area contributed by atoms with E-state index in [0.717, 1.165) is 6.08 Å². The molecule has 0 spiro atoms. The molecule has 0 aromatic heterocycles. The molecule has 2 atom stereocenters. The van der Waals surface area contributed by atoms with Gasteiger partial charge in [0.15, 0.2) is 0 Å². The number of hydrogen-bond acceptors (Lipinski definition) is 4. The minimum atomic E-state index is -1.13. The van der Waals surface area contributed by atoms with Gasteiger partial charge in [-0.3, -0.25) is 4.79 Å². The van der Waals surface area contributed by atoms with Crippen LogP contribution in [0.2, 0.25) is 0 Å². The highest BCUT2D eigenvalue weighted by Crippen LogP contribution is 2.17. The van der Waals surface area contributed by atoms with E-state index in [1.807, 2.05) is 0 Å². The summed E-state index contributed by atoms with van der Waals surface area (Å²) < 4.78 is 0. The van der Waals surface area contributed by atoms with Crippen LogP contribution in [0.5, 0.6) is 0 Å². The van der Waals surface area contributed by atoms with Crippen LogP contribution in [0.1, 0.15) is 24.2 Å². The second-order valence-corrected chi connectivity index (χ2v) is 4.29. The highest BCUT2D eigenvalue weighted by atomic mass is 16.4. The monoisotopic (exact) mass is 279 g/mol. The normalized spacial score (nSPS) is 13.9. The van der Waals surface area contributed by atoms with Gasteiger partial charge in [0.05, 0.1) is 0 Å². The van der Waals surface area contributed by atoms with Crippen LogP contribution in [0, 0.1) is 0 Å². The van der Waals surface area contributed by atoms with Gasteiger partial charge in [-0.1, -0.05) is 24.3 Å². The molecule has 1 aromatic carbocycles. The molecule has 1 aromatic rings. The molecule has 1 amide bonds. The number of aliphatic hydroxyl groups is 2. The molecule has 0 aliphatic heterocycles. The fourth-order valence-corrected chi connectivity index (χ4v) is 1.55. The molecule has 6 heteroatoms. The number of nitrogens with one attached hydrogen (secondary N) is 1. The van der Waals surface area contributed by atoms with Crippen molar-refractivity contribution in [2.75, 3.05) is 6.54 Å². The van der Waals surface area contributed by atoms with Crippen molar-refractivity contribution in [1.82, 2.24) is 5.32 Å². The summed E-state index contributed by atoms with van der Waals surface area (Å²) in [6.07, 6.45) is 0.196. The topological polar surface area (TPSA) is 107 Å². The smallest absolute Gasteiger partial charge is 0.328 e. The first-order valence-electron chi connectivity index (χ1n) is 6.01. The zero-order valence-electron chi connectivity index (χ0n) is 11.0. The van der Waals surface area contributed by atoms with Gasteiger partial charge < -0.3 is 20.6 Å². The first-order chi connectivity index (χ1) is 9.40. The lowest BCUT2D eigenvalue weighted by Crippen LogP contribution is -2.34. The van der Waals surface area contributed by atoms with Crippen LogP contribution >= 0.6 is 0 Å². The molecular weight excluding hydrogens is 262 g/mol. The number of benzene rings is 1. The Bertz CT molecular complexity index is 495. The molecule has 2 unspecified atom stereocenters. The highest BCUT2D eigenvalue weighted by Gasteiger charge is 2.18. The number of hydrogen-bond donors (Lipinski definition) is 4. The summed E-state index contributed by atoms with van der Waals surface area (Å²) in [6, 6.07) is 6.43. The third-order valence-corrected chi connectivity index (χ3v) is 2.62. The lowest BCUT2D eigenvalue weighted by Gasteiger charge is -2.18. The van der Waals surface area contributed by atoms with Gasteiger partial charge in [0.25, 0.3) is 0 Å². The van der Waals surface area contributed by atoms with Crippen molar-refractivity contribution in [3.8, 4) is 0 Å². The summed E-state index contributed by atoms with van der Waals surface area (Å²) in [6.45, 7) is 1.28. The van der Waals surface area contributed by atoms with Crippen molar-refractivity contribution >= 4 is 18.0 Å². The van der Waals surface area contributed by atoms with E-state index in [2.05, 4.69) is 5.32 Å². The molecular formula is C14H17NO5. The summed E-state index contributed by atoms with van der Waals surface area (Å²) in [5, 5.41) is 30.5. The van der Waals surface area contributed by atoms with Gasteiger partial charge in [-0.05, 0) is 17.2 Å². The molecule has 1 rings (SSSR count). The predicted molar refractivity (Wildman–Crippen MR) is 72.8 cm³/mol. The Morgan fingerprint density at radius 1 is 1.25 bits per heavy atom. The van der Waals surface area contributed by atoms with Gasteiger partial charge in [-0.2, -0.15) is 0 Å². The number of aliphatic carboxylic acids is 1. The summed E-state index contributed by atoms with van der Waals surface area (Å²) in [4.78, 5) is 21.1. The summed E-state index contributed by atoms with van der Waals surface area (Å²) >= 11 is 0. The van der Waals surface area contributed by atoms with E-state index < -0.39 is 18.2 Å². The predicted octanol–water partition coefficient (Wildman–Crippen LogP) is 0.315. The number of amides is 1. The van der Waals surface area contributed by atoms with Crippen LogP contribution in [-0.4, -0.2) is 39.8 Å². The van der Waals surface area contributed by atoms with Crippen molar-refractivity contribution in [2.24, 2.45) is 0 Å². The number of carboxylic acid groups (broad SMARTS) is 1. The second-order valence-electron chi connectivity index (χ2n) is 4.29. The standard InChI is InChI=1S/C14H17NO5/c1-9(16)15-8-12(17)14(20)11-5-2-10(3-6-11)4-7-13(18)19/h2-7,12,14,17,20H,8H2,1H3,(H,15,16)(H,18,19)/b7-4+. The summed E-state index contributed by atoms with van der Waals surface area (Å²) in [5.74, 6) is -1.33. The Morgan fingerprint density at radius 3 is 2.35 bits per heavy atom. The van der Waals surface area contributed by atoms with Crippen molar-refractivity contribution in [3.05, 3.63) is 41.5 Å². The van der Waals surface area contributed by atoms with Crippen LogP contribution in [0.3, 0.4) is 0 Å². The lowest BCUT2D eigenvalue weighted by molar-refractivity contribution is -0.131. The molecule has 0 aliphatic carbocycles. The maximum atomic E-state index is 10.7. The van der Waals surface area contributed by atoms with Gasteiger partial charge in [-0.15, -0.1) is 0 Å². The molecule has 0 aliphatic rings. The van der Waals surface area contributed by atoms with Gasteiger partial charge in [-0.25, -0.2) is 4.79 Å². The number of carbonyl (C=O) groups is 2. The average molecular weight is 279 g/mol. The van der Waals surface area contributed by atoms with Gasteiger partial charge in [0.2, 0.25) is 5.91 Å². The molecule has 0 bridgehead atoms. The van der Waals surface area contributed by atoms with E-state index in [1.165, 1.54) is 13.0 Å². The number of carboxylic acids is 1. The number of aliphatic hydroxyl groups excluding tert-OH is 2. The molecule has 6 nitrogen and oxygen atoms in total. The van der Waals surface area contributed by atoms with E-state index >= 15 is 0 Å². The van der Waals surface area contributed by atoms with Crippen molar-refractivity contribution in [3.63, 3.8) is 0 Å². The van der Waals surface area contributed by atoms with Crippen LogP contribution in [0.4, 0.5) is 0 Å². The first-order valence-corrected chi connectivity index (χ1v) is 6.01. The third-order valence-electron chi connectivity index (χ3n) is 2.62. The van der Waals surface area contributed by atoms with Crippen LogP contribution in [-0.2, 0) is 9.59 Å². The molecule has 0 heterocycles. The molecule has 20 heavy (non-hydrogen) atoms. The number of carbonyl (C=O) groups excluding carboxylic acids is 1. The van der Waals surface area contributed by atoms with E-state index in [9.17, 15) is 19.8 Å². The van der Waals surface area contributed by atoms with E-state index in [-0.39, 0.29) is 12.5 Å². The summed E-state index contributed by atoms with van der Waals surface area (Å²) in [5.41, 5.74) is 1.15. The summed E-state index contributed by atoms with van der Waals surface area (Å²) in [7, 11) is 0. The third kappa shape index (κ3) is 5.21. The van der Waals surface area contributed by atoms with E-state index in [1.54, 1.807) is 24.3 Å². The molecule has 108 valence electrons. The van der Waals surface area contributed by atoms with Gasteiger partial charge in [0, 0.05) is 19.5 Å². The second kappa shape index (κ2) is 7.42. The molecule has 0 saturated carbocycles. The fourth-order valence-electron chi connectivity index (χ4n) is 1.55. The average Bonchev–Trinajstić information content (AvgIpc) is 2.42. The Morgan fingerprint density at radius 2 is 1.85 bits per heavy atom. The number of rotatable bonds is 6. The van der Waals surface area contributed by atoms with Crippen molar-refractivity contribution in [2.45, 2.75) is 19.1 Å². The Kier molecular flexibility index (Phi) is 5.89.